The Morgan fingerprint density at radius 3 is 1.00 bits per heavy atom. The zero-order chi connectivity index (χ0) is 86.1. The van der Waals surface area contributed by atoms with Crippen LogP contribution >= 0.6 is 0 Å². The molecule has 0 aromatic rings. The number of aliphatic hydroxyl groups excluding tert-OH is 11. The predicted octanol–water partition coefficient (Wildman–Crippen LogP) is 1.46. The van der Waals surface area contributed by atoms with Gasteiger partial charge in [-0.3, -0.25) is 38.4 Å². The molecule has 0 aromatic carbocycles. The van der Waals surface area contributed by atoms with Gasteiger partial charge in [0, 0.05) is 185 Å². The molecule has 0 spiro atoms. The van der Waals surface area contributed by atoms with E-state index in [2.05, 4.69) is 45.9 Å². The number of amides is 7. The molecule has 0 aromatic heterocycles. The zero-order valence-corrected chi connectivity index (χ0v) is 73.4. The van der Waals surface area contributed by atoms with Crippen molar-refractivity contribution in [1.29, 1.82) is 0 Å². The van der Waals surface area contributed by atoms with E-state index in [4.69, 9.17) is 47.7 Å². The maximum absolute atomic E-state index is 12.6. The van der Waals surface area contributed by atoms with E-state index in [9.17, 15) is 89.4 Å². The number of nitrogens with zero attached hydrogens (tertiary/aromatic N) is 1. The van der Waals surface area contributed by atoms with Crippen molar-refractivity contribution in [2.24, 2.45) is 23.2 Å². The molecule has 4 aliphatic heterocycles. The van der Waals surface area contributed by atoms with E-state index < -0.39 is 117 Å². The van der Waals surface area contributed by atoms with E-state index in [1.807, 2.05) is 18.7 Å². The van der Waals surface area contributed by atoms with Crippen LogP contribution < -0.4 is 31.9 Å². The molecule has 4 fully saturated rings. The number of likely N-dealkylation sites (tertiary alicyclic amines) is 1. The average molecular weight is 1760 g/mol. The first-order valence-corrected chi connectivity index (χ1v) is 42.4. The molecule has 0 bridgehead atoms. The molecule has 4 aliphatic rings. The Kier molecular flexibility index (Phi) is 64.4. The van der Waals surface area contributed by atoms with Gasteiger partial charge in [-0.25, -0.2) is 7.11 Å². The van der Waals surface area contributed by atoms with Crippen molar-refractivity contribution in [2.75, 3.05) is 125 Å². The second-order valence-corrected chi connectivity index (χ2v) is 31.0. The van der Waals surface area contributed by atoms with Crippen LogP contribution in [0, 0.1) is 37.2 Å². The minimum Gasteiger partial charge on any atom is -0.569 e. The number of Topliss-reactive ketones (excluding diaryl/α,β-unsaturated/α-hetero) is 1. The number of rotatable bonds is 62. The third-order valence-electron chi connectivity index (χ3n) is 20.8. The van der Waals surface area contributed by atoms with Crippen LogP contribution in [0.25, 0.3) is 0 Å². The van der Waals surface area contributed by atoms with Crippen molar-refractivity contribution in [3.05, 3.63) is 14.0 Å². The first-order valence-electron chi connectivity index (χ1n) is 42.4. The van der Waals surface area contributed by atoms with Gasteiger partial charge in [0.2, 0.25) is 41.4 Å². The molecule has 0 saturated carbocycles. The van der Waals surface area contributed by atoms with Gasteiger partial charge in [0.1, 0.15) is 42.4 Å². The molecule has 36 heteroatoms. The molecule has 7 amide bonds. The number of nitrogens with one attached hydrogen (secondary N) is 6. The van der Waals surface area contributed by atoms with E-state index in [1.54, 1.807) is 20.8 Å². The summed E-state index contributed by atoms with van der Waals surface area (Å²) in [5, 5.41) is 122. The summed E-state index contributed by atoms with van der Waals surface area (Å²) in [6.45, 7) is 15.2. The predicted molar refractivity (Wildman–Crippen MR) is 426 cm³/mol. The Balaban J connectivity index is 0.00000207. The molecule has 15 unspecified atom stereocenters. The molecule has 35 nitrogen and oxygen atoms in total. The second kappa shape index (κ2) is 67.7. The van der Waals surface area contributed by atoms with E-state index in [-0.39, 0.29) is 184 Å². The molecule has 681 valence electrons. The molecular weight excluding hydrogens is 1610 g/mol. The van der Waals surface area contributed by atoms with Crippen LogP contribution in [0.5, 0.6) is 0 Å². The first kappa shape index (κ1) is 111. The molecular formula is C81H149N7O28Y-2. The monoisotopic (exact) mass is 1760 g/mol. The van der Waals surface area contributed by atoms with Crippen molar-refractivity contribution >= 4 is 47.1 Å². The topological polar surface area (TPSA) is 518 Å². The standard InChI is InChI=1S/C59H108N6O24.C21H38NO3.CH3O.Y/c1-38-50(75)53(78)41(32-66)87-56(38)84-26-8-5-14-44(69)60-20-11-23-63-47(72)17-29-81-35-59(4,36-82-30-18-48(73)64-24-12-21-61-45(70)15-6-9-27-85-57-39(2)51(76)54(79)42(33-67)88-57)37-83-31-19-49(74)65-25-13-22-62-46(71)16-7-10-28-86-58-40(3)52(77)55(80)43(34-68)89-58;1-3-13-18-16-20(24)17-22(18)21(25)15-12-10-8-6-5-7-9-11-14-19(23)4-2;1-2;/h38-43,50-58,66-68,75-80H,5-37H2,1-4H3,(H,60,69)(H,61,70)(H,62,71)(H,63,72)(H,64,73)(H,65,74);18,20,24H,1,3-17H2,2H3;2H,1H2;/q;2*-1;/t;18-,20-;;/m.1../s1. The Morgan fingerprint density at radius 2 is 0.701 bits per heavy atom. The Labute approximate surface area is 718 Å². The van der Waals surface area contributed by atoms with Crippen LogP contribution in [0.15, 0.2) is 0 Å². The summed E-state index contributed by atoms with van der Waals surface area (Å²) in [6, 6.07) is 0.194. The second-order valence-electron chi connectivity index (χ2n) is 31.0. The molecule has 0 aliphatic carbocycles. The van der Waals surface area contributed by atoms with E-state index in [0.717, 1.165) is 44.9 Å². The van der Waals surface area contributed by atoms with Gasteiger partial charge in [-0.2, -0.15) is 6.42 Å². The number of aliphatic hydroxyl groups is 11. The van der Waals surface area contributed by atoms with Crippen LogP contribution in [0.1, 0.15) is 221 Å². The van der Waals surface area contributed by atoms with Crippen LogP contribution in [-0.4, -0.2) is 319 Å². The molecule has 4 saturated heterocycles. The Morgan fingerprint density at radius 1 is 0.410 bits per heavy atom. The molecule has 117 heavy (non-hydrogen) atoms. The third-order valence-corrected chi connectivity index (χ3v) is 20.8. The van der Waals surface area contributed by atoms with Gasteiger partial charge in [0.15, 0.2) is 18.9 Å². The van der Waals surface area contributed by atoms with Gasteiger partial charge in [-0.15, -0.1) is 0 Å². The fraction of sp³-hybridized carbons (Fsp3) is 0.877. The quantitative estimate of drug-likeness (QED) is 0.0303. The van der Waals surface area contributed by atoms with Gasteiger partial charge >= 0.3 is 0 Å². The maximum atomic E-state index is 12.6. The number of β-amino-alcohol motifs (C(OH)–C–C–N with tert-alkyl or cyclic N) is 1. The molecule has 17 N–H and O–H groups in total. The summed E-state index contributed by atoms with van der Waals surface area (Å²) in [7, 11) is 2.25. The third kappa shape index (κ3) is 48.2. The summed E-state index contributed by atoms with van der Waals surface area (Å²) in [5.41, 5.74) is -0.744. The minimum atomic E-state index is -1.21. The number of ether oxygens (including phenoxy) is 9. The maximum Gasteiger partial charge on any atom is 0.222 e. The number of carbonyl (C=O) groups is 8. The van der Waals surface area contributed by atoms with Gasteiger partial charge in [-0.1, -0.05) is 79.6 Å². The number of carbonyl (C=O) groups excluding carboxylic acids is 8. The summed E-state index contributed by atoms with van der Waals surface area (Å²) >= 11 is 0. The summed E-state index contributed by atoms with van der Waals surface area (Å²) in [4.78, 5) is 100. The molecule has 17 atom stereocenters. The van der Waals surface area contributed by atoms with E-state index in [1.165, 1.54) is 25.7 Å². The molecule has 4 rings (SSSR count). The normalized spacial score (nSPS) is 25.4. The van der Waals surface area contributed by atoms with Crippen molar-refractivity contribution in [2.45, 2.75) is 307 Å². The molecule has 4 heterocycles. The van der Waals surface area contributed by atoms with Crippen molar-refractivity contribution in [1.82, 2.24) is 36.8 Å². The van der Waals surface area contributed by atoms with E-state index >= 15 is 0 Å². The number of ketones is 1. The fourth-order valence-electron chi connectivity index (χ4n) is 13.4. The zero-order valence-electron chi connectivity index (χ0n) is 70.6. The number of hydrogen-bond acceptors (Lipinski definition) is 28. The fourth-order valence-corrected chi connectivity index (χ4v) is 13.4. The van der Waals surface area contributed by atoms with Crippen molar-refractivity contribution in [3.63, 3.8) is 0 Å². The summed E-state index contributed by atoms with van der Waals surface area (Å²) < 4.78 is 51.5. The van der Waals surface area contributed by atoms with Crippen LogP contribution in [0.2, 0.25) is 0 Å². The average Bonchev–Trinajstić information content (AvgIpc) is 1.51. The Bertz CT molecular complexity index is 2420. The van der Waals surface area contributed by atoms with Gasteiger partial charge in [-0.05, 0) is 77.0 Å². The van der Waals surface area contributed by atoms with Gasteiger partial charge in [0.05, 0.1) is 83.9 Å². The Hall–Kier alpha value is -3.74. The number of hydrogen-bond donors (Lipinski definition) is 17. The largest absolute Gasteiger partial charge is 0.569 e. The van der Waals surface area contributed by atoms with Crippen molar-refractivity contribution in [3.8, 4) is 0 Å². The van der Waals surface area contributed by atoms with Gasteiger partial charge < -0.3 is 143 Å². The van der Waals surface area contributed by atoms with Gasteiger partial charge in [0.25, 0.3) is 0 Å². The smallest absolute Gasteiger partial charge is 0.222 e. The summed E-state index contributed by atoms with van der Waals surface area (Å²) in [6.07, 6.45) is 6.77. The van der Waals surface area contributed by atoms with Crippen LogP contribution in [0.3, 0.4) is 0 Å². The molecule has 1 radical (unpaired) electrons. The number of unbranched alkanes of at least 4 members (excludes halogenated alkanes) is 10. The van der Waals surface area contributed by atoms with Crippen molar-refractivity contribution < 1.29 is 170 Å². The summed E-state index contributed by atoms with van der Waals surface area (Å²) in [5.74, 6) is -2.13. The van der Waals surface area contributed by atoms with E-state index in [0.29, 0.717) is 129 Å². The minimum absolute atomic E-state index is 0. The SMILES string of the molecule is CC1C(OCCCCC(=O)NCCCNC(=O)CCOCC(C)(COCCC(=O)NCCCNC(=O)CCCCOC2OC(CO)C(O)C(O)C2C)COCCC(=O)NCCCNC(=O)CCCCOC2OC(CO)C(O)C(O)C2C)OC(CO)C(O)C1O.[CH2-]CC[C@@H]1C[C@@H](O)CN1C(=O)CCCCCCCCCCC(=O)CC.[CH2-]O.[Y]. The van der Waals surface area contributed by atoms with Crippen LogP contribution in [-0.2, 0) is 114 Å². The van der Waals surface area contributed by atoms with Crippen LogP contribution in [0.4, 0.5) is 0 Å². The first-order chi connectivity index (χ1) is 55.7.